The van der Waals surface area contributed by atoms with E-state index in [1.807, 2.05) is 20.2 Å². The SMILES string of the molecule is CCOC(=O)c1cn(-c2cccnc2)nc1/N=C\N(C)C. The van der Waals surface area contributed by atoms with Crippen molar-refractivity contribution in [3.8, 4) is 5.69 Å². The molecule has 0 saturated heterocycles. The molecule has 0 aliphatic carbocycles. The summed E-state index contributed by atoms with van der Waals surface area (Å²) in [5, 5.41) is 4.31. The highest BCUT2D eigenvalue weighted by molar-refractivity contribution is 5.94. The minimum Gasteiger partial charge on any atom is -0.462 e. The van der Waals surface area contributed by atoms with Crippen LogP contribution in [-0.4, -0.2) is 52.7 Å². The highest BCUT2D eigenvalue weighted by Gasteiger charge is 2.17. The standard InChI is InChI=1S/C14H17N5O2/c1-4-21-14(20)12-9-19(11-6-5-7-15-8-11)17-13(12)16-10-18(2)3/h5-10H,4H2,1-3H3/b16-10-. The summed E-state index contributed by atoms with van der Waals surface area (Å²) in [5.41, 5.74) is 1.06. The third-order valence-electron chi connectivity index (χ3n) is 2.51. The van der Waals surface area contributed by atoms with Crippen molar-refractivity contribution in [2.24, 2.45) is 4.99 Å². The van der Waals surface area contributed by atoms with Crippen molar-refractivity contribution in [2.75, 3.05) is 20.7 Å². The maximum Gasteiger partial charge on any atom is 0.343 e. The van der Waals surface area contributed by atoms with E-state index >= 15 is 0 Å². The van der Waals surface area contributed by atoms with Gasteiger partial charge in [0.25, 0.3) is 0 Å². The Kier molecular flexibility index (Phi) is 4.65. The van der Waals surface area contributed by atoms with Crippen LogP contribution in [0.2, 0.25) is 0 Å². The van der Waals surface area contributed by atoms with Gasteiger partial charge in [-0.05, 0) is 19.1 Å². The monoisotopic (exact) mass is 287 g/mol. The van der Waals surface area contributed by atoms with Gasteiger partial charge in [-0.1, -0.05) is 0 Å². The topological polar surface area (TPSA) is 72.6 Å². The van der Waals surface area contributed by atoms with E-state index in [1.54, 1.807) is 47.5 Å². The smallest absolute Gasteiger partial charge is 0.343 e. The second-order valence-corrected chi connectivity index (χ2v) is 4.45. The third kappa shape index (κ3) is 3.65. The van der Waals surface area contributed by atoms with Crippen molar-refractivity contribution in [1.82, 2.24) is 19.7 Å². The predicted molar refractivity (Wildman–Crippen MR) is 79.2 cm³/mol. The maximum atomic E-state index is 12.0. The van der Waals surface area contributed by atoms with Gasteiger partial charge in [0, 0.05) is 26.5 Å². The number of aromatic nitrogens is 3. The Morgan fingerprint density at radius 1 is 1.52 bits per heavy atom. The van der Waals surface area contributed by atoms with Crippen LogP contribution >= 0.6 is 0 Å². The Morgan fingerprint density at radius 2 is 2.33 bits per heavy atom. The van der Waals surface area contributed by atoms with Crippen LogP contribution in [0.3, 0.4) is 0 Å². The molecule has 0 atom stereocenters. The van der Waals surface area contributed by atoms with Crippen LogP contribution in [0.15, 0.2) is 35.7 Å². The van der Waals surface area contributed by atoms with E-state index in [9.17, 15) is 4.79 Å². The molecular formula is C14H17N5O2. The van der Waals surface area contributed by atoms with Gasteiger partial charge in [-0.3, -0.25) is 4.98 Å². The van der Waals surface area contributed by atoms with E-state index in [0.29, 0.717) is 18.0 Å². The van der Waals surface area contributed by atoms with E-state index in [0.717, 1.165) is 5.69 Å². The molecule has 2 aromatic rings. The van der Waals surface area contributed by atoms with Crippen LogP contribution < -0.4 is 0 Å². The Morgan fingerprint density at radius 3 is 2.95 bits per heavy atom. The molecule has 0 amide bonds. The van der Waals surface area contributed by atoms with E-state index < -0.39 is 5.97 Å². The van der Waals surface area contributed by atoms with Gasteiger partial charge in [0.15, 0.2) is 5.82 Å². The fourth-order valence-electron chi connectivity index (χ4n) is 1.60. The highest BCUT2D eigenvalue weighted by atomic mass is 16.5. The maximum absolute atomic E-state index is 12.0. The average Bonchev–Trinajstić information content (AvgIpc) is 2.90. The first kappa shape index (κ1) is 14.7. The van der Waals surface area contributed by atoms with Crippen molar-refractivity contribution in [3.63, 3.8) is 0 Å². The molecule has 110 valence electrons. The van der Waals surface area contributed by atoms with Gasteiger partial charge in [0.05, 0.1) is 24.8 Å². The summed E-state index contributed by atoms with van der Waals surface area (Å²) in [5.74, 6) is -0.135. The molecule has 21 heavy (non-hydrogen) atoms. The number of hydrogen-bond acceptors (Lipinski definition) is 5. The highest BCUT2D eigenvalue weighted by Crippen LogP contribution is 2.20. The van der Waals surface area contributed by atoms with Crippen LogP contribution in [0.5, 0.6) is 0 Å². The van der Waals surface area contributed by atoms with Gasteiger partial charge >= 0.3 is 5.97 Å². The van der Waals surface area contributed by atoms with Gasteiger partial charge < -0.3 is 9.64 Å². The van der Waals surface area contributed by atoms with Crippen LogP contribution in [0.4, 0.5) is 5.82 Å². The van der Waals surface area contributed by atoms with Gasteiger partial charge in [-0.15, -0.1) is 5.10 Å². The minimum atomic E-state index is -0.446. The van der Waals surface area contributed by atoms with E-state index in [4.69, 9.17) is 4.74 Å². The van der Waals surface area contributed by atoms with E-state index in [-0.39, 0.29) is 0 Å². The summed E-state index contributed by atoms with van der Waals surface area (Å²) in [7, 11) is 3.68. The van der Waals surface area contributed by atoms with Crippen molar-refractivity contribution in [1.29, 1.82) is 0 Å². The number of hydrogen-bond donors (Lipinski definition) is 0. The number of aliphatic imine (C=N–C) groups is 1. The molecule has 2 heterocycles. The molecule has 0 saturated carbocycles. The molecule has 0 fully saturated rings. The first-order valence-corrected chi connectivity index (χ1v) is 6.49. The largest absolute Gasteiger partial charge is 0.462 e. The predicted octanol–water partition coefficient (Wildman–Crippen LogP) is 1.67. The molecule has 7 heteroatoms. The van der Waals surface area contributed by atoms with Crippen molar-refractivity contribution >= 4 is 18.1 Å². The lowest BCUT2D eigenvalue weighted by molar-refractivity contribution is 0.0527. The van der Waals surface area contributed by atoms with Gasteiger partial charge in [-0.2, -0.15) is 0 Å². The second-order valence-electron chi connectivity index (χ2n) is 4.45. The molecule has 0 unspecified atom stereocenters. The number of pyridine rings is 1. The van der Waals surface area contributed by atoms with Gasteiger partial charge in [0.2, 0.25) is 0 Å². The molecule has 0 spiro atoms. The molecule has 0 aliphatic heterocycles. The van der Waals surface area contributed by atoms with Crippen molar-refractivity contribution < 1.29 is 9.53 Å². The molecule has 7 nitrogen and oxygen atoms in total. The molecule has 0 aromatic carbocycles. The van der Waals surface area contributed by atoms with Gasteiger partial charge in [0.1, 0.15) is 5.56 Å². The Labute approximate surface area is 122 Å². The lowest BCUT2D eigenvalue weighted by Gasteiger charge is -2.02. The molecule has 0 N–H and O–H groups in total. The van der Waals surface area contributed by atoms with E-state index in [2.05, 4.69) is 15.1 Å². The number of ether oxygens (including phenoxy) is 1. The summed E-state index contributed by atoms with van der Waals surface area (Å²) in [4.78, 5) is 22.0. The average molecular weight is 287 g/mol. The number of nitrogens with zero attached hydrogens (tertiary/aromatic N) is 5. The molecule has 0 aliphatic rings. The van der Waals surface area contributed by atoms with Crippen LogP contribution in [0.1, 0.15) is 17.3 Å². The lowest BCUT2D eigenvalue weighted by atomic mass is 10.3. The Hall–Kier alpha value is -2.70. The molecular weight excluding hydrogens is 270 g/mol. The zero-order valence-corrected chi connectivity index (χ0v) is 12.2. The second kappa shape index (κ2) is 6.65. The molecule has 0 radical (unpaired) electrons. The fraction of sp³-hybridized carbons (Fsp3) is 0.286. The molecule has 0 bridgehead atoms. The normalized spacial score (nSPS) is 10.8. The summed E-state index contributed by atoms with van der Waals surface area (Å²) in [6, 6.07) is 3.64. The van der Waals surface area contributed by atoms with Crippen molar-refractivity contribution in [3.05, 3.63) is 36.3 Å². The molecule has 2 aromatic heterocycles. The number of carbonyl (C=O) groups excluding carboxylic acids is 1. The zero-order chi connectivity index (χ0) is 15.2. The quantitative estimate of drug-likeness (QED) is 0.475. The first-order chi connectivity index (χ1) is 10.1. The lowest BCUT2D eigenvalue weighted by Crippen LogP contribution is -2.08. The summed E-state index contributed by atoms with van der Waals surface area (Å²) in [6.45, 7) is 2.06. The number of rotatable bonds is 5. The Balaban J connectivity index is 2.42. The summed E-state index contributed by atoms with van der Waals surface area (Å²) < 4.78 is 6.59. The van der Waals surface area contributed by atoms with Crippen LogP contribution in [-0.2, 0) is 4.74 Å². The van der Waals surface area contributed by atoms with Crippen molar-refractivity contribution in [2.45, 2.75) is 6.92 Å². The Bertz CT molecular complexity index is 634. The number of carbonyl (C=O) groups is 1. The third-order valence-corrected chi connectivity index (χ3v) is 2.51. The fourth-order valence-corrected chi connectivity index (χ4v) is 1.60. The van der Waals surface area contributed by atoms with Crippen LogP contribution in [0.25, 0.3) is 5.69 Å². The van der Waals surface area contributed by atoms with Crippen LogP contribution in [0, 0.1) is 0 Å². The number of esters is 1. The van der Waals surface area contributed by atoms with E-state index in [1.165, 1.54) is 0 Å². The minimum absolute atomic E-state index is 0.299. The molecule has 2 rings (SSSR count). The zero-order valence-electron chi connectivity index (χ0n) is 12.2. The van der Waals surface area contributed by atoms with Gasteiger partial charge in [-0.25, -0.2) is 14.5 Å². The summed E-state index contributed by atoms with van der Waals surface area (Å²) >= 11 is 0. The summed E-state index contributed by atoms with van der Waals surface area (Å²) in [6.07, 6.45) is 6.50. The first-order valence-electron chi connectivity index (χ1n) is 6.49.